The third-order valence-corrected chi connectivity index (χ3v) is 4.50. The first-order chi connectivity index (χ1) is 8.72. The molecule has 1 aromatic heterocycles. The quantitative estimate of drug-likeness (QED) is 0.922. The lowest BCUT2D eigenvalue weighted by Gasteiger charge is -2.24. The molecule has 0 fully saturated rings. The lowest BCUT2D eigenvalue weighted by molar-refractivity contribution is -0.143. The first kappa shape index (κ1) is 11.4. The summed E-state index contributed by atoms with van der Waals surface area (Å²) in [5.41, 5.74) is 3.14. The smallest absolute Gasteiger partial charge is 0.314 e. The van der Waals surface area contributed by atoms with E-state index in [0.717, 1.165) is 16.9 Å². The Morgan fingerprint density at radius 2 is 2.28 bits per heavy atom. The van der Waals surface area contributed by atoms with Gasteiger partial charge in [0.1, 0.15) is 0 Å². The molecule has 0 aliphatic heterocycles. The standard InChI is InChI=1S/C14H13NO2S/c16-13(17)14(7-11-8-15-9-18-11)6-5-10-3-1-2-4-12(10)14/h1-4,8-9H,5-7H2,(H,16,17). The summed E-state index contributed by atoms with van der Waals surface area (Å²) in [6.45, 7) is 0. The Kier molecular flexibility index (Phi) is 2.67. The molecule has 0 saturated carbocycles. The zero-order valence-electron chi connectivity index (χ0n) is 9.80. The number of aromatic nitrogens is 1. The molecular weight excluding hydrogens is 246 g/mol. The summed E-state index contributed by atoms with van der Waals surface area (Å²) < 4.78 is 0. The Hall–Kier alpha value is -1.68. The van der Waals surface area contributed by atoms with Crippen LogP contribution in [-0.2, 0) is 23.1 Å². The molecule has 18 heavy (non-hydrogen) atoms. The van der Waals surface area contributed by atoms with Gasteiger partial charge in [-0.2, -0.15) is 0 Å². The third kappa shape index (κ3) is 1.64. The maximum Gasteiger partial charge on any atom is 0.314 e. The van der Waals surface area contributed by atoms with Crippen molar-refractivity contribution in [2.45, 2.75) is 24.7 Å². The second kappa shape index (κ2) is 4.21. The number of hydrogen-bond donors (Lipinski definition) is 1. The number of benzene rings is 1. The van der Waals surface area contributed by atoms with Gasteiger partial charge in [0.15, 0.2) is 0 Å². The Bertz CT molecular complexity index is 579. The highest BCUT2D eigenvalue weighted by Crippen LogP contribution is 2.42. The summed E-state index contributed by atoms with van der Waals surface area (Å²) in [6.07, 6.45) is 3.85. The molecule has 0 radical (unpaired) electrons. The van der Waals surface area contributed by atoms with E-state index in [0.29, 0.717) is 12.8 Å². The van der Waals surface area contributed by atoms with Crippen molar-refractivity contribution < 1.29 is 9.90 Å². The normalized spacial score (nSPS) is 21.8. The second-order valence-corrected chi connectivity index (χ2v) is 5.66. The fourth-order valence-electron chi connectivity index (χ4n) is 2.80. The molecule has 0 saturated heterocycles. The average molecular weight is 259 g/mol. The van der Waals surface area contributed by atoms with Crippen LogP contribution in [-0.4, -0.2) is 16.1 Å². The lowest BCUT2D eigenvalue weighted by atomic mass is 9.78. The van der Waals surface area contributed by atoms with Crippen molar-refractivity contribution in [1.82, 2.24) is 4.98 Å². The van der Waals surface area contributed by atoms with E-state index in [4.69, 9.17) is 0 Å². The Labute approximate surface area is 109 Å². The zero-order chi connectivity index (χ0) is 12.6. The molecule has 0 amide bonds. The molecule has 3 nitrogen and oxygen atoms in total. The molecule has 1 N–H and O–H groups in total. The first-order valence-corrected chi connectivity index (χ1v) is 6.79. The molecule has 92 valence electrons. The Morgan fingerprint density at radius 1 is 1.44 bits per heavy atom. The molecule has 1 aliphatic rings. The molecule has 0 bridgehead atoms. The number of carbonyl (C=O) groups is 1. The third-order valence-electron chi connectivity index (χ3n) is 3.72. The molecule has 1 aromatic carbocycles. The minimum absolute atomic E-state index is 0.546. The van der Waals surface area contributed by atoms with Gasteiger partial charge in [-0.15, -0.1) is 11.3 Å². The molecule has 1 aliphatic carbocycles. The molecule has 4 heteroatoms. The monoisotopic (exact) mass is 259 g/mol. The van der Waals surface area contributed by atoms with Crippen LogP contribution in [0.25, 0.3) is 0 Å². The number of thiazole rings is 1. The maximum absolute atomic E-state index is 11.8. The summed E-state index contributed by atoms with van der Waals surface area (Å²) in [7, 11) is 0. The number of aliphatic carboxylic acids is 1. The van der Waals surface area contributed by atoms with Crippen molar-refractivity contribution in [3.05, 3.63) is 52.0 Å². The van der Waals surface area contributed by atoms with E-state index in [9.17, 15) is 9.90 Å². The highest BCUT2D eigenvalue weighted by atomic mass is 32.1. The predicted molar refractivity (Wildman–Crippen MR) is 69.9 cm³/mol. The topological polar surface area (TPSA) is 50.2 Å². The molecule has 3 rings (SSSR count). The largest absolute Gasteiger partial charge is 0.481 e. The van der Waals surface area contributed by atoms with Gasteiger partial charge in [0.25, 0.3) is 0 Å². The summed E-state index contributed by atoms with van der Waals surface area (Å²) in [4.78, 5) is 16.9. The number of rotatable bonds is 3. The number of nitrogens with zero attached hydrogens (tertiary/aromatic N) is 1. The SMILES string of the molecule is O=C(O)C1(Cc2cncs2)CCc2ccccc21. The van der Waals surface area contributed by atoms with E-state index >= 15 is 0 Å². The van der Waals surface area contributed by atoms with Crippen molar-refractivity contribution in [2.75, 3.05) is 0 Å². The molecule has 2 aromatic rings. The number of carboxylic acid groups (broad SMARTS) is 1. The number of fused-ring (bicyclic) bond motifs is 1. The average Bonchev–Trinajstić information content (AvgIpc) is 2.99. The van der Waals surface area contributed by atoms with Gasteiger partial charge in [-0.05, 0) is 24.0 Å². The number of aryl methyl sites for hydroxylation is 1. The van der Waals surface area contributed by atoms with Crippen LogP contribution < -0.4 is 0 Å². The van der Waals surface area contributed by atoms with E-state index in [1.54, 1.807) is 11.7 Å². The summed E-state index contributed by atoms with van der Waals surface area (Å²) >= 11 is 1.53. The summed E-state index contributed by atoms with van der Waals surface area (Å²) in [5.74, 6) is -0.721. The highest BCUT2D eigenvalue weighted by molar-refractivity contribution is 7.09. The molecule has 1 heterocycles. The first-order valence-electron chi connectivity index (χ1n) is 5.91. The maximum atomic E-state index is 11.8. The highest BCUT2D eigenvalue weighted by Gasteiger charge is 2.45. The Balaban J connectivity index is 2.07. The van der Waals surface area contributed by atoms with Crippen LogP contribution in [0.4, 0.5) is 0 Å². The molecular formula is C14H13NO2S. The van der Waals surface area contributed by atoms with Crippen LogP contribution in [0.5, 0.6) is 0 Å². The number of hydrogen-bond acceptors (Lipinski definition) is 3. The van der Waals surface area contributed by atoms with E-state index < -0.39 is 11.4 Å². The summed E-state index contributed by atoms with van der Waals surface area (Å²) in [5, 5.41) is 9.69. The molecule has 0 spiro atoms. The van der Waals surface area contributed by atoms with Crippen LogP contribution in [0.3, 0.4) is 0 Å². The van der Waals surface area contributed by atoms with Crippen LogP contribution >= 0.6 is 11.3 Å². The van der Waals surface area contributed by atoms with Gasteiger partial charge in [-0.25, -0.2) is 0 Å². The minimum atomic E-state index is -0.761. The van der Waals surface area contributed by atoms with Crippen molar-refractivity contribution >= 4 is 17.3 Å². The van der Waals surface area contributed by atoms with E-state index in [1.807, 2.05) is 24.3 Å². The fraction of sp³-hybridized carbons (Fsp3) is 0.286. The van der Waals surface area contributed by atoms with Crippen LogP contribution in [0.2, 0.25) is 0 Å². The minimum Gasteiger partial charge on any atom is -0.481 e. The molecule has 1 atom stereocenters. The van der Waals surface area contributed by atoms with Gasteiger partial charge in [0.2, 0.25) is 0 Å². The van der Waals surface area contributed by atoms with E-state index in [2.05, 4.69) is 4.98 Å². The van der Waals surface area contributed by atoms with Crippen LogP contribution in [0, 0.1) is 0 Å². The van der Waals surface area contributed by atoms with Crippen molar-refractivity contribution in [1.29, 1.82) is 0 Å². The van der Waals surface area contributed by atoms with Crippen LogP contribution in [0.15, 0.2) is 36.0 Å². The van der Waals surface area contributed by atoms with Gasteiger partial charge < -0.3 is 5.11 Å². The second-order valence-electron chi connectivity index (χ2n) is 4.69. The predicted octanol–water partition coefficient (Wildman–Crippen LogP) is 2.65. The van der Waals surface area contributed by atoms with E-state index in [-0.39, 0.29) is 0 Å². The zero-order valence-corrected chi connectivity index (χ0v) is 10.6. The molecule has 1 unspecified atom stereocenters. The van der Waals surface area contributed by atoms with Gasteiger partial charge >= 0.3 is 5.97 Å². The van der Waals surface area contributed by atoms with Crippen LogP contribution in [0.1, 0.15) is 22.4 Å². The van der Waals surface area contributed by atoms with Gasteiger partial charge in [-0.3, -0.25) is 9.78 Å². The van der Waals surface area contributed by atoms with Crippen molar-refractivity contribution in [2.24, 2.45) is 0 Å². The van der Waals surface area contributed by atoms with Gasteiger partial charge in [0.05, 0.1) is 10.9 Å². The number of carboxylic acids is 1. The lowest BCUT2D eigenvalue weighted by Crippen LogP contribution is -2.35. The van der Waals surface area contributed by atoms with Gasteiger partial charge in [0, 0.05) is 17.5 Å². The van der Waals surface area contributed by atoms with Crippen molar-refractivity contribution in [3.63, 3.8) is 0 Å². The van der Waals surface area contributed by atoms with Crippen molar-refractivity contribution in [3.8, 4) is 0 Å². The van der Waals surface area contributed by atoms with E-state index in [1.165, 1.54) is 16.9 Å². The Morgan fingerprint density at radius 3 is 3.00 bits per heavy atom. The van der Waals surface area contributed by atoms with Gasteiger partial charge in [-0.1, -0.05) is 24.3 Å². The fourth-order valence-corrected chi connectivity index (χ4v) is 3.50. The summed E-state index contributed by atoms with van der Waals surface area (Å²) in [6, 6.07) is 7.89.